The third-order valence-corrected chi connectivity index (χ3v) is 4.21. The van der Waals surface area contributed by atoms with E-state index in [9.17, 15) is 14.4 Å². The van der Waals surface area contributed by atoms with Gasteiger partial charge in [0.25, 0.3) is 5.56 Å². The number of rotatable bonds is 5. The van der Waals surface area contributed by atoms with Crippen LogP contribution in [0.5, 0.6) is 0 Å². The number of nitrogens with one attached hydrogen (secondary N) is 2. The van der Waals surface area contributed by atoms with Gasteiger partial charge in [-0.1, -0.05) is 18.2 Å². The van der Waals surface area contributed by atoms with E-state index in [0.717, 1.165) is 0 Å². The van der Waals surface area contributed by atoms with Crippen molar-refractivity contribution in [2.75, 3.05) is 5.32 Å². The zero-order valence-corrected chi connectivity index (χ0v) is 14.7. The molecule has 0 radical (unpaired) electrons. The molecular formula is C17H16N4O4S. The van der Waals surface area contributed by atoms with E-state index < -0.39 is 18.0 Å². The lowest BCUT2D eigenvalue weighted by Crippen LogP contribution is -2.41. The maximum atomic E-state index is 12.0. The molecule has 0 saturated heterocycles. The van der Waals surface area contributed by atoms with Crippen LogP contribution in [0.25, 0.3) is 4.96 Å². The van der Waals surface area contributed by atoms with E-state index >= 15 is 0 Å². The van der Waals surface area contributed by atoms with Crippen molar-refractivity contribution >= 4 is 34.0 Å². The molecule has 2 aromatic heterocycles. The average molecular weight is 372 g/mol. The maximum absolute atomic E-state index is 12.0. The van der Waals surface area contributed by atoms with E-state index in [0.29, 0.717) is 16.3 Å². The van der Waals surface area contributed by atoms with E-state index in [1.807, 2.05) is 6.07 Å². The SMILES string of the molecule is C[C@H](NC(=O)Nc1ccccc1)C(=O)OCc1cc(=O)n2ccsc2n1. The van der Waals surface area contributed by atoms with Crippen LogP contribution in [0.15, 0.2) is 52.8 Å². The molecule has 26 heavy (non-hydrogen) atoms. The summed E-state index contributed by atoms with van der Waals surface area (Å²) in [7, 11) is 0. The van der Waals surface area contributed by atoms with Gasteiger partial charge in [0.1, 0.15) is 12.6 Å². The van der Waals surface area contributed by atoms with E-state index in [-0.39, 0.29) is 12.2 Å². The number of carbonyl (C=O) groups is 2. The first-order valence-electron chi connectivity index (χ1n) is 7.78. The minimum absolute atomic E-state index is 0.144. The molecule has 3 rings (SSSR count). The fourth-order valence-electron chi connectivity index (χ4n) is 2.18. The lowest BCUT2D eigenvalue weighted by atomic mass is 10.3. The lowest BCUT2D eigenvalue weighted by Gasteiger charge is -2.14. The highest BCUT2D eigenvalue weighted by Gasteiger charge is 2.17. The molecule has 0 aliphatic rings. The van der Waals surface area contributed by atoms with Gasteiger partial charge in [-0.25, -0.2) is 14.6 Å². The van der Waals surface area contributed by atoms with Gasteiger partial charge in [0, 0.05) is 23.3 Å². The molecule has 0 spiro atoms. The Kier molecular flexibility index (Phi) is 5.28. The summed E-state index contributed by atoms with van der Waals surface area (Å²) in [5.41, 5.74) is 0.724. The second kappa shape index (κ2) is 7.79. The highest BCUT2D eigenvalue weighted by Crippen LogP contribution is 2.08. The number of para-hydroxylation sites is 1. The highest BCUT2D eigenvalue weighted by atomic mass is 32.1. The van der Waals surface area contributed by atoms with Gasteiger partial charge >= 0.3 is 12.0 Å². The van der Waals surface area contributed by atoms with Gasteiger partial charge in [-0.15, -0.1) is 11.3 Å². The molecule has 0 saturated carbocycles. The molecule has 2 heterocycles. The van der Waals surface area contributed by atoms with Gasteiger partial charge in [-0.3, -0.25) is 9.20 Å². The summed E-state index contributed by atoms with van der Waals surface area (Å²) in [5, 5.41) is 6.85. The number of hydrogen-bond donors (Lipinski definition) is 2. The van der Waals surface area contributed by atoms with Crippen molar-refractivity contribution in [2.45, 2.75) is 19.6 Å². The van der Waals surface area contributed by atoms with Crippen molar-refractivity contribution in [3.63, 3.8) is 0 Å². The number of nitrogens with zero attached hydrogens (tertiary/aromatic N) is 2. The number of thiazole rings is 1. The van der Waals surface area contributed by atoms with E-state index in [1.54, 1.807) is 35.8 Å². The molecule has 2 amide bonds. The molecule has 0 aliphatic heterocycles. The summed E-state index contributed by atoms with van der Waals surface area (Å²) in [4.78, 5) is 40.6. The maximum Gasteiger partial charge on any atom is 0.328 e. The minimum atomic E-state index is -0.856. The van der Waals surface area contributed by atoms with Crippen LogP contribution < -0.4 is 16.2 Å². The zero-order valence-electron chi connectivity index (χ0n) is 13.8. The van der Waals surface area contributed by atoms with Crippen LogP contribution in [0, 0.1) is 0 Å². The van der Waals surface area contributed by atoms with Crippen LogP contribution in [0.2, 0.25) is 0 Å². The second-order valence-electron chi connectivity index (χ2n) is 5.44. The number of anilines is 1. The normalized spacial score (nSPS) is 11.7. The van der Waals surface area contributed by atoms with Gasteiger partial charge in [0.05, 0.1) is 5.69 Å². The molecule has 1 aromatic carbocycles. The highest BCUT2D eigenvalue weighted by molar-refractivity contribution is 7.15. The number of aromatic nitrogens is 2. The third kappa shape index (κ3) is 4.25. The Bertz CT molecular complexity index is 983. The van der Waals surface area contributed by atoms with Crippen LogP contribution in [0.4, 0.5) is 10.5 Å². The largest absolute Gasteiger partial charge is 0.458 e. The summed E-state index contributed by atoms with van der Waals surface area (Å²) in [6.45, 7) is 1.37. The van der Waals surface area contributed by atoms with Gasteiger partial charge in [-0.05, 0) is 19.1 Å². The minimum Gasteiger partial charge on any atom is -0.458 e. The van der Waals surface area contributed by atoms with E-state index in [2.05, 4.69) is 15.6 Å². The van der Waals surface area contributed by atoms with Crippen molar-refractivity contribution in [3.05, 3.63) is 64.0 Å². The topological polar surface area (TPSA) is 102 Å². The number of hydrogen-bond acceptors (Lipinski definition) is 6. The van der Waals surface area contributed by atoms with Crippen molar-refractivity contribution < 1.29 is 14.3 Å². The van der Waals surface area contributed by atoms with Gasteiger partial charge in [0.2, 0.25) is 0 Å². The molecule has 0 fully saturated rings. The second-order valence-corrected chi connectivity index (χ2v) is 6.31. The van der Waals surface area contributed by atoms with Crippen molar-refractivity contribution in [2.24, 2.45) is 0 Å². The van der Waals surface area contributed by atoms with Crippen LogP contribution in [-0.4, -0.2) is 27.4 Å². The predicted molar refractivity (Wildman–Crippen MR) is 97.2 cm³/mol. The summed E-state index contributed by atoms with van der Waals surface area (Å²) < 4.78 is 6.54. The molecule has 0 aliphatic carbocycles. The number of benzene rings is 1. The number of esters is 1. The Morgan fingerprint density at radius 3 is 2.85 bits per heavy atom. The van der Waals surface area contributed by atoms with Crippen molar-refractivity contribution in [1.82, 2.24) is 14.7 Å². The van der Waals surface area contributed by atoms with Crippen LogP contribution in [-0.2, 0) is 16.1 Å². The van der Waals surface area contributed by atoms with Gasteiger partial charge in [-0.2, -0.15) is 0 Å². The first kappa shape index (κ1) is 17.6. The zero-order chi connectivity index (χ0) is 18.5. The van der Waals surface area contributed by atoms with Crippen molar-refractivity contribution in [1.29, 1.82) is 0 Å². The predicted octanol–water partition coefficient (Wildman–Crippen LogP) is 2.01. The Hall–Kier alpha value is -3.20. The van der Waals surface area contributed by atoms with Gasteiger partial charge < -0.3 is 15.4 Å². The number of ether oxygens (including phenoxy) is 1. The monoisotopic (exact) mass is 372 g/mol. The standard InChI is InChI=1S/C17H16N4O4S/c1-11(18-16(24)19-12-5-3-2-4-6-12)15(23)25-10-13-9-14(22)21-7-8-26-17(21)20-13/h2-9,11H,10H2,1H3,(H2,18,19,24)/t11-/m0/s1. The number of amides is 2. The molecule has 134 valence electrons. The van der Waals surface area contributed by atoms with Crippen LogP contribution >= 0.6 is 11.3 Å². The lowest BCUT2D eigenvalue weighted by molar-refractivity contribution is -0.146. The Morgan fingerprint density at radius 1 is 1.31 bits per heavy atom. The Balaban J connectivity index is 1.53. The third-order valence-electron chi connectivity index (χ3n) is 3.45. The average Bonchev–Trinajstić information content (AvgIpc) is 3.09. The fraction of sp³-hybridized carbons (Fsp3) is 0.176. The molecule has 2 N–H and O–H groups in total. The molecular weight excluding hydrogens is 356 g/mol. The molecule has 0 bridgehead atoms. The summed E-state index contributed by atoms with van der Waals surface area (Å²) >= 11 is 1.31. The molecule has 1 atom stereocenters. The van der Waals surface area contributed by atoms with Gasteiger partial charge in [0.15, 0.2) is 4.96 Å². The fourth-order valence-corrected chi connectivity index (χ4v) is 2.91. The number of carbonyl (C=O) groups excluding carboxylic acids is 2. The van der Waals surface area contributed by atoms with E-state index in [1.165, 1.54) is 28.7 Å². The summed E-state index contributed by atoms with van der Waals surface area (Å²) in [6.07, 6.45) is 1.63. The van der Waals surface area contributed by atoms with E-state index in [4.69, 9.17) is 4.74 Å². The molecule has 9 heteroatoms. The van der Waals surface area contributed by atoms with Crippen molar-refractivity contribution in [3.8, 4) is 0 Å². The summed E-state index contributed by atoms with van der Waals surface area (Å²) in [6, 6.07) is 8.80. The molecule has 8 nitrogen and oxygen atoms in total. The first-order valence-corrected chi connectivity index (χ1v) is 8.66. The summed E-state index contributed by atoms with van der Waals surface area (Å²) in [5.74, 6) is -0.624. The smallest absolute Gasteiger partial charge is 0.328 e. The Labute approximate surface area is 152 Å². The first-order chi connectivity index (χ1) is 12.5. The number of fused-ring (bicyclic) bond motifs is 1. The quantitative estimate of drug-likeness (QED) is 0.667. The molecule has 0 unspecified atom stereocenters. The van der Waals surface area contributed by atoms with Crippen LogP contribution in [0.3, 0.4) is 0 Å². The number of urea groups is 1. The Morgan fingerprint density at radius 2 is 2.08 bits per heavy atom. The van der Waals surface area contributed by atoms with Crippen LogP contribution in [0.1, 0.15) is 12.6 Å². The molecule has 3 aromatic rings.